The lowest BCUT2D eigenvalue weighted by Gasteiger charge is -2.10. The Kier molecular flexibility index (Phi) is 1.93. The highest BCUT2D eigenvalue weighted by Crippen LogP contribution is 2.31. The Labute approximate surface area is 94.7 Å². The summed E-state index contributed by atoms with van der Waals surface area (Å²) in [6.07, 6.45) is 2.72. The SMILES string of the molecule is Cc1cc(C)c2c3c([nH]c2c1)C(=O)CCC3. The van der Waals surface area contributed by atoms with Gasteiger partial charge in [-0.05, 0) is 49.4 Å². The molecule has 1 N–H and O–H groups in total. The number of ketones is 1. The number of nitrogens with one attached hydrogen (secondary N) is 1. The number of aromatic amines is 1. The van der Waals surface area contributed by atoms with Crippen LogP contribution in [0.4, 0.5) is 0 Å². The van der Waals surface area contributed by atoms with Crippen LogP contribution >= 0.6 is 0 Å². The number of benzene rings is 1. The first-order valence-electron chi connectivity index (χ1n) is 5.82. The van der Waals surface area contributed by atoms with E-state index in [9.17, 15) is 4.79 Å². The highest BCUT2D eigenvalue weighted by Gasteiger charge is 2.22. The average molecular weight is 213 g/mol. The van der Waals surface area contributed by atoms with E-state index in [4.69, 9.17) is 0 Å². The second-order valence-electron chi connectivity index (χ2n) is 4.76. The van der Waals surface area contributed by atoms with Gasteiger partial charge in [0, 0.05) is 17.3 Å². The van der Waals surface area contributed by atoms with Gasteiger partial charge in [-0.2, -0.15) is 0 Å². The number of aromatic nitrogens is 1. The Bertz CT molecular complexity index is 592. The Balaban J connectivity index is 2.40. The van der Waals surface area contributed by atoms with Crippen LogP contribution in [0.5, 0.6) is 0 Å². The van der Waals surface area contributed by atoms with Gasteiger partial charge in [-0.15, -0.1) is 0 Å². The van der Waals surface area contributed by atoms with Gasteiger partial charge < -0.3 is 4.98 Å². The molecular weight excluding hydrogens is 198 g/mol. The van der Waals surface area contributed by atoms with Gasteiger partial charge in [-0.25, -0.2) is 0 Å². The third kappa shape index (κ3) is 1.22. The largest absolute Gasteiger partial charge is 0.352 e. The molecule has 0 fully saturated rings. The molecule has 1 aliphatic carbocycles. The standard InChI is InChI=1S/C14H15NO/c1-8-6-9(2)13-10-4-3-5-12(16)14(10)15-11(13)7-8/h6-7,15H,3-5H2,1-2H3. The topological polar surface area (TPSA) is 32.9 Å². The van der Waals surface area contributed by atoms with Crippen molar-refractivity contribution in [3.05, 3.63) is 34.5 Å². The lowest BCUT2D eigenvalue weighted by Crippen LogP contribution is -2.09. The molecular formula is C14H15NO. The first-order chi connectivity index (χ1) is 7.66. The summed E-state index contributed by atoms with van der Waals surface area (Å²) >= 11 is 0. The molecule has 1 aromatic heterocycles. The second kappa shape index (κ2) is 3.21. The van der Waals surface area contributed by atoms with Crippen molar-refractivity contribution in [1.29, 1.82) is 0 Å². The molecule has 1 aromatic carbocycles. The fraction of sp³-hybridized carbons (Fsp3) is 0.357. The number of fused-ring (bicyclic) bond motifs is 3. The van der Waals surface area contributed by atoms with Crippen molar-refractivity contribution in [2.24, 2.45) is 0 Å². The summed E-state index contributed by atoms with van der Waals surface area (Å²) in [7, 11) is 0. The lowest BCUT2D eigenvalue weighted by atomic mass is 9.93. The van der Waals surface area contributed by atoms with E-state index in [1.54, 1.807) is 0 Å². The Morgan fingerprint density at radius 2 is 2.00 bits per heavy atom. The number of rotatable bonds is 0. The first kappa shape index (κ1) is 9.64. The van der Waals surface area contributed by atoms with Crippen molar-refractivity contribution in [3.8, 4) is 0 Å². The molecule has 0 saturated heterocycles. The van der Waals surface area contributed by atoms with Crippen LogP contribution in [0, 0.1) is 13.8 Å². The van der Waals surface area contributed by atoms with Crippen molar-refractivity contribution >= 4 is 16.7 Å². The van der Waals surface area contributed by atoms with Crippen LogP contribution in [0.15, 0.2) is 12.1 Å². The molecule has 0 bridgehead atoms. The normalized spacial score (nSPS) is 15.5. The van der Waals surface area contributed by atoms with E-state index in [0.717, 1.165) is 24.1 Å². The molecule has 0 unspecified atom stereocenters. The zero-order valence-corrected chi connectivity index (χ0v) is 9.68. The van der Waals surface area contributed by atoms with E-state index in [2.05, 4.69) is 31.0 Å². The van der Waals surface area contributed by atoms with Crippen LogP contribution < -0.4 is 0 Å². The summed E-state index contributed by atoms with van der Waals surface area (Å²) in [5.41, 5.74) is 5.75. The van der Waals surface area contributed by atoms with Gasteiger partial charge in [0.25, 0.3) is 0 Å². The third-order valence-electron chi connectivity index (χ3n) is 3.45. The quantitative estimate of drug-likeness (QED) is 0.715. The summed E-state index contributed by atoms with van der Waals surface area (Å²) in [4.78, 5) is 15.1. The van der Waals surface area contributed by atoms with E-state index in [1.807, 2.05) is 0 Å². The summed E-state index contributed by atoms with van der Waals surface area (Å²) in [6, 6.07) is 4.32. The molecule has 0 spiro atoms. The monoisotopic (exact) mass is 213 g/mol. The van der Waals surface area contributed by atoms with Crippen LogP contribution in [0.2, 0.25) is 0 Å². The summed E-state index contributed by atoms with van der Waals surface area (Å²) in [5.74, 6) is 0.273. The van der Waals surface area contributed by atoms with E-state index in [0.29, 0.717) is 6.42 Å². The fourth-order valence-electron chi connectivity index (χ4n) is 2.84. The number of carbonyl (C=O) groups excluding carboxylic acids is 1. The molecule has 0 amide bonds. The van der Waals surface area contributed by atoms with Gasteiger partial charge in [0.05, 0.1) is 5.69 Å². The maximum absolute atomic E-state index is 11.8. The number of Topliss-reactive ketones (excluding diaryl/α,β-unsaturated/α-hetero) is 1. The maximum atomic E-state index is 11.8. The summed E-state index contributed by atoms with van der Waals surface area (Å²) in [6.45, 7) is 4.22. The molecule has 2 nitrogen and oxygen atoms in total. The van der Waals surface area contributed by atoms with Crippen molar-refractivity contribution in [2.45, 2.75) is 33.1 Å². The molecule has 0 aliphatic heterocycles. The average Bonchev–Trinajstić information content (AvgIpc) is 2.57. The van der Waals surface area contributed by atoms with Gasteiger partial charge in [0.15, 0.2) is 5.78 Å². The van der Waals surface area contributed by atoms with Crippen LogP contribution in [0.3, 0.4) is 0 Å². The Morgan fingerprint density at radius 1 is 1.19 bits per heavy atom. The van der Waals surface area contributed by atoms with Crippen molar-refractivity contribution in [3.63, 3.8) is 0 Å². The van der Waals surface area contributed by atoms with Crippen LogP contribution in [-0.4, -0.2) is 10.8 Å². The predicted molar refractivity (Wildman–Crippen MR) is 65.0 cm³/mol. The van der Waals surface area contributed by atoms with Crippen molar-refractivity contribution in [2.75, 3.05) is 0 Å². The van der Waals surface area contributed by atoms with Gasteiger partial charge in [-0.1, -0.05) is 6.07 Å². The number of carbonyl (C=O) groups is 1. The number of aryl methyl sites for hydroxylation is 3. The highest BCUT2D eigenvalue weighted by molar-refractivity contribution is 6.04. The number of hydrogen-bond acceptors (Lipinski definition) is 1. The molecule has 0 radical (unpaired) electrons. The molecule has 3 rings (SSSR count). The lowest BCUT2D eigenvalue weighted by molar-refractivity contribution is 0.0968. The Morgan fingerprint density at radius 3 is 2.81 bits per heavy atom. The van der Waals surface area contributed by atoms with Crippen molar-refractivity contribution in [1.82, 2.24) is 4.98 Å². The summed E-state index contributed by atoms with van der Waals surface area (Å²) < 4.78 is 0. The molecule has 2 heteroatoms. The molecule has 82 valence electrons. The molecule has 2 aromatic rings. The number of hydrogen-bond donors (Lipinski definition) is 1. The van der Waals surface area contributed by atoms with Crippen LogP contribution in [0.1, 0.15) is 40.0 Å². The van der Waals surface area contributed by atoms with Gasteiger partial charge in [0.2, 0.25) is 0 Å². The number of H-pyrrole nitrogens is 1. The highest BCUT2D eigenvalue weighted by atomic mass is 16.1. The molecule has 0 atom stereocenters. The zero-order valence-electron chi connectivity index (χ0n) is 9.68. The van der Waals surface area contributed by atoms with E-state index in [1.165, 1.54) is 22.1 Å². The van der Waals surface area contributed by atoms with E-state index < -0.39 is 0 Å². The molecule has 0 saturated carbocycles. The van der Waals surface area contributed by atoms with Crippen LogP contribution in [-0.2, 0) is 6.42 Å². The predicted octanol–water partition coefficient (Wildman–Crippen LogP) is 3.30. The van der Waals surface area contributed by atoms with Crippen molar-refractivity contribution < 1.29 is 4.79 Å². The zero-order chi connectivity index (χ0) is 11.3. The minimum atomic E-state index is 0.273. The minimum Gasteiger partial charge on any atom is -0.352 e. The fourth-order valence-corrected chi connectivity index (χ4v) is 2.84. The third-order valence-corrected chi connectivity index (χ3v) is 3.45. The van der Waals surface area contributed by atoms with E-state index in [-0.39, 0.29) is 5.78 Å². The maximum Gasteiger partial charge on any atom is 0.179 e. The molecule has 1 aliphatic rings. The van der Waals surface area contributed by atoms with E-state index >= 15 is 0 Å². The van der Waals surface area contributed by atoms with Crippen LogP contribution in [0.25, 0.3) is 10.9 Å². The first-order valence-corrected chi connectivity index (χ1v) is 5.82. The Hall–Kier alpha value is -1.57. The van der Waals surface area contributed by atoms with Gasteiger partial charge in [-0.3, -0.25) is 4.79 Å². The van der Waals surface area contributed by atoms with Gasteiger partial charge in [0.1, 0.15) is 0 Å². The van der Waals surface area contributed by atoms with Gasteiger partial charge >= 0.3 is 0 Å². The summed E-state index contributed by atoms with van der Waals surface area (Å²) in [5, 5.41) is 1.27. The smallest absolute Gasteiger partial charge is 0.179 e. The molecule has 1 heterocycles. The second-order valence-corrected chi connectivity index (χ2v) is 4.76. The molecule has 16 heavy (non-hydrogen) atoms. The minimum absolute atomic E-state index is 0.273.